The summed E-state index contributed by atoms with van der Waals surface area (Å²) < 4.78 is 7.06. The van der Waals surface area contributed by atoms with Crippen LogP contribution < -0.4 is 4.74 Å². The molecule has 0 N–H and O–H groups in total. The maximum atomic E-state index is 7.06. The summed E-state index contributed by atoms with van der Waals surface area (Å²) >= 11 is 0. The molecule has 1 spiro atoms. The van der Waals surface area contributed by atoms with E-state index < -0.39 is 5.41 Å². The van der Waals surface area contributed by atoms with E-state index in [2.05, 4.69) is 193 Å². The van der Waals surface area contributed by atoms with Crippen molar-refractivity contribution in [2.45, 2.75) is 5.41 Å². The van der Waals surface area contributed by atoms with E-state index in [1.807, 2.05) is 36.7 Å². The Bertz CT molecular complexity index is 3280. The van der Waals surface area contributed by atoms with Gasteiger partial charge in [0.15, 0.2) is 5.82 Å². The third-order valence-corrected chi connectivity index (χ3v) is 12.5. The second-order valence-corrected chi connectivity index (χ2v) is 16.0. The summed E-state index contributed by atoms with van der Waals surface area (Å²) in [4.78, 5) is 14.7. The molecule has 1 aliphatic heterocycles. The molecule has 62 heavy (non-hydrogen) atoms. The zero-order valence-electron chi connectivity index (χ0n) is 33.6. The highest BCUT2D eigenvalue weighted by molar-refractivity contribution is 5.90. The summed E-state index contributed by atoms with van der Waals surface area (Å²) in [5.41, 5.74) is 18.0. The second-order valence-electron chi connectivity index (χ2n) is 16.0. The van der Waals surface area contributed by atoms with Gasteiger partial charge in [-0.3, -0.25) is 4.98 Å². The van der Waals surface area contributed by atoms with Crippen LogP contribution in [0.25, 0.3) is 78.4 Å². The Labute approximate surface area is 360 Å². The van der Waals surface area contributed by atoms with Gasteiger partial charge in [0.25, 0.3) is 0 Å². The van der Waals surface area contributed by atoms with E-state index in [1.165, 1.54) is 27.8 Å². The van der Waals surface area contributed by atoms with Crippen LogP contribution in [0.15, 0.2) is 225 Å². The molecule has 290 valence electrons. The smallest absolute Gasteiger partial charge is 0.160 e. The SMILES string of the molecule is c1ccc(-c2cccc(-c3cc(-c4ccccc4)nc(-c4cccc(-c5ccc6c(c5)Oc5cc(-c7ccncc7)ccc5C65c6ccccc6-c6ccccc65)c4)n3)c2)cc1. The van der Waals surface area contributed by atoms with Gasteiger partial charge in [0.1, 0.15) is 11.5 Å². The van der Waals surface area contributed by atoms with Gasteiger partial charge < -0.3 is 4.74 Å². The lowest BCUT2D eigenvalue weighted by atomic mass is 9.65. The van der Waals surface area contributed by atoms with Gasteiger partial charge in [-0.15, -0.1) is 0 Å². The monoisotopic (exact) mass is 791 g/mol. The molecule has 1 aliphatic carbocycles. The quantitative estimate of drug-likeness (QED) is 0.168. The number of rotatable bonds is 6. The summed E-state index contributed by atoms with van der Waals surface area (Å²) in [6, 6.07) is 75.2. The molecular formula is C58H37N3O. The standard InChI is InChI=1S/C58H37N3O/c1-3-13-38(14-4-1)41-17-11-19-45(33-41)54-37-53(40-15-5-2-6-16-40)60-57(61-54)46-20-12-18-42(34-46)44-26-28-52-56(36-44)62-55-35-43(39-29-31-59-32-30-39)25-27-51(55)58(52)49-23-9-7-21-47(49)48-22-8-10-24-50(48)58/h1-37H. The molecule has 0 saturated carbocycles. The first-order valence-electron chi connectivity index (χ1n) is 21.0. The Kier molecular flexibility index (Phi) is 8.36. The Morgan fingerprint density at radius 2 is 0.758 bits per heavy atom. The van der Waals surface area contributed by atoms with Crippen LogP contribution in [-0.4, -0.2) is 15.0 Å². The number of benzene rings is 8. The van der Waals surface area contributed by atoms with Crippen LogP contribution in [0.1, 0.15) is 22.3 Å². The van der Waals surface area contributed by atoms with Crippen molar-refractivity contribution in [2.75, 3.05) is 0 Å². The highest BCUT2D eigenvalue weighted by Gasteiger charge is 2.51. The molecule has 4 heteroatoms. The fraction of sp³-hybridized carbons (Fsp3) is 0.0172. The topological polar surface area (TPSA) is 47.9 Å². The zero-order valence-corrected chi connectivity index (χ0v) is 33.6. The van der Waals surface area contributed by atoms with Gasteiger partial charge in [0, 0.05) is 40.2 Å². The minimum absolute atomic E-state index is 0.562. The molecule has 12 rings (SSSR count). The van der Waals surface area contributed by atoms with Gasteiger partial charge in [-0.05, 0) is 98.1 Å². The molecule has 0 radical (unpaired) electrons. The van der Waals surface area contributed by atoms with E-state index in [-0.39, 0.29) is 0 Å². The normalized spacial score (nSPS) is 12.8. The lowest BCUT2D eigenvalue weighted by molar-refractivity contribution is 0.437. The Morgan fingerprint density at radius 3 is 1.40 bits per heavy atom. The molecule has 2 aliphatic rings. The number of ether oxygens (including phenoxy) is 1. The van der Waals surface area contributed by atoms with Crippen LogP contribution in [0.2, 0.25) is 0 Å². The van der Waals surface area contributed by atoms with Crippen molar-refractivity contribution in [1.82, 2.24) is 15.0 Å². The Hall–Kier alpha value is -8.21. The van der Waals surface area contributed by atoms with Crippen LogP contribution in [0.4, 0.5) is 0 Å². The van der Waals surface area contributed by atoms with Gasteiger partial charge in [0.2, 0.25) is 0 Å². The van der Waals surface area contributed by atoms with Crippen molar-refractivity contribution >= 4 is 0 Å². The highest BCUT2D eigenvalue weighted by Crippen LogP contribution is 2.62. The van der Waals surface area contributed by atoms with Gasteiger partial charge >= 0.3 is 0 Å². The van der Waals surface area contributed by atoms with Crippen molar-refractivity contribution in [3.05, 3.63) is 247 Å². The van der Waals surface area contributed by atoms with E-state index >= 15 is 0 Å². The summed E-state index contributed by atoms with van der Waals surface area (Å²) in [5.74, 6) is 2.35. The van der Waals surface area contributed by atoms with E-state index in [9.17, 15) is 0 Å². The lowest BCUT2D eigenvalue weighted by Gasteiger charge is -2.39. The van der Waals surface area contributed by atoms with Crippen LogP contribution in [0.5, 0.6) is 11.5 Å². The van der Waals surface area contributed by atoms with Crippen LogP contribution in [0.3, 0.4) is 0 Å². The molecule has 0 amide bonds. The first-order valence-corrected chi connectivity index (χ1v) is 21.0. The number of aromatic nitrogens is 3. The van der Waals surface area contributed by atoms with Crippen molar-refractivity contribution in [3.63, 3.8) is 0 Å². The predicted octanol–water partition coefficient (Wildman–Crippen LogP) is 14.3. The molecule has 2 aromatic heterocycles. The molecule has 0 saturated heterocycles. The van der Waals surface area contributed by atoms with E-state index in [1.54, 1.807) is 0 Å². The first-order chi connectivity index (χ1) is 30.7. The third-order valence-electron chi connectivity index (χ3n) is 12.5. The molecule has 3 heterocycles. The van der Waals surface area contributed by atoms with Gasteiger partial charge in [-0.2, -0.15) is 0 Å². The molecule has 4 nitrogen and oxygen atoms in total. The molecular weight excluding hydrogens is 755 g/mol. The van der Waals surface area contributed by atoms with Crippen molar-refractivity contribution < 1.29 is 4.74 Å². The Balaban J connectivity index is 0.999. The molecule has 0 unspecified atom stereocenters. The minimum atomic E-state index is -0.562. The predicted molar refractivity (Wildman–Crippen MR) is 250 cm³/mol. The second kappa shape index (κ2) is 14.5. The number of nitrogens with zero attached hydrogens (tertiary/aromatic N) is 3. The molecule has 0 atom stereocenters. The summed E-state index contributed by atoms with van der Waals surface area (Å²) in [5, 5.41) is 0. The molecule has 10 aromatic rings. The number of hydrogen-bond acceptors (Lipinski definition) is 4. The maximum Gasteiger partial charge on any atom is 0.160 e. The van der Waals surface area contributed by atoms with E-state index in [4.69, 9.17) is 14.7 Å². The average molecular weight is 792 g/mol. The Morgan fingerprint density at radius 1 is 0.306 bits per heavy atom. The van der Waals surface area contributed by atoms with Gasteiger partial charge in [-0.1, -0.05) is 170 Å². The zero-order chi connectivity index (χ0) is 41.0. The van der Waals surface area contributed by atoms with Crippen molar-refractivity contribution in [3.8, 4) is 89.9 Å². The highest BCUT2D eigenvalue weighted by atomic mass is 16.5. The average Bonchev–Trinajstić information content (AvgIpc) is 3.65. The molecule has 0 bridgehead atoms. The number of hydrogen-bond donors (Lipinski definition) is 0. The first kappa shape index (κ1) is 35.7. The van der Waals surface area contributed by atoms with E-state index in [0.717, 1.165) is 78.5 Å². The number of fused-ring (bicyclic) bond motifs is 9. The molecule has 0 fully saturated rings. The lowest BCUT2D eigenvalue weighted by Crippen LogP contribution is -2.32. The summed E-state index contributed by atoms with van der Waals surface area (Å²) in [7, 11) is 0. The molecule has 8 aromatic carbocycles. The number of pyridine rings is 1. The fourth-order valence-corrected chi connectivity index (χ4v) is 9.62. The summed E-state index contributed by atoms with van der Waals surface area (Å²) in [6.45, 7) is 0. The van der Waals surface area contributed by atoms with Crippen molar-refractivity contribution in [1.29, 1.82) is 0 Å². The largest absolute Gasteiger partial charge is 0.457 e. The van der Waals surface area contributed by atoms with Gasteiger partial charge in [-0.25, -0.2) is 9.97 Å². The van der Waals surface area contributed by atoms with E-state index in [0.29, 0.717) is 5.82 Å². The van der Waals surface area contributed by atoms with Crippen molar-refractivity contribution in [2.24, 2.45) is 0 Å². The fourth-order valence-electron chi connectivity index (χ4n) is 9.62. The summed E-state index contributed by atoms with van der Waals surface area (Å²) in [6.07, 6.45) is 3.67. The maximum absolute atomic E-state index is 7.06. The minimum Gasteiger partial charge on any atom is -0.457 e. The van der Waals surface area contributed by atoms with Crippen LogP contribution in [-0.2, 0) is 5.41 Å². The van der Waals surface area contributed by atoms with Crippen LogP contribution in [0, 0.1) is 0 Å². The third kappa shape index (κ3) is 5.80. The van der Waals surface area contributed by atoms with Gasteiger partial charge in [0.05, 0.1) is 16.8 Å². The van der Waals surface area contributed by atoms with Crippen LogP contribution >= 0.6 is 0 Å².